The summed E-state index contributed by atoms with van der Waals surface area (Å²) in [5, 5.41) is 0. The molecule has 0 heterocycles. The number of ketones is 1. The van der Waals surface area contributed by atoms with Crippen molar-refractivity contribution >= 4 is 22.8 Å². The SMILES string of the molecule is Nc1ccc(C(=O)c2ccccc2N)cc1N. The predicted octanol–water partition coefficient (Wildman–Crippen LogP) is 1.66. The Balaban J connectivity index is 2.44. The summed E-state index contributed by atoms with van der Waals surface area (Å²) < 4.78 is 0. The molecule has 0 aliphatic rings. The maximum Gasteiger partial charge on any atom is 0.195 e. The number of benzene rings is 2. The van der Waals surface area contributed by atoms with Crippen LogP contribution < -0.4 is 17.2 Å². The first kappa shape index (κ1) is 11.0. The van der Waals surface area contributed by atoms with Gasteiger partial charge in [0, 0.05) is 16.8 Å². The molecular weight excluding hydrogens is 214 g/mol. The Morgan fingerprint density at radius 2 is 1.53 bits per heavy atom. The minimum Gasteiger partial charge on any atom is -0.398 e. The molecule has 0 amide bonds. The number of carbonyl (C=O) groups excluding carboxylic acids is 1. The van der Waals surface area contributed by atoms with Gasteiger partial charge in [-0.05, 0) is 30.3 Å². The van der Waals surface area contributed by atoms with Crippen molar-refractivity contribution in [1.29, 1.82) is 0 Å². The number of rotatable bonds is 2. The van der Waals surface area contributed by atoms with Crippen molar-refractivity contribution in [3.05, 3.63) is 53.6 Å². The average Bonchev–Trinajstić information content (AvgIpc) is 2.32. The third-order valence-electron chi connectivity index (χ3n) is 2.55. The smallest absolute Gasteiger partial charge is 0.195 e. The van der Waals surface area contributed by atoms with Crippen molar-refractivity contribution < 1.29 is 4.79 Å². The highest BCUT2D eigenvalue weighted by molar-refractivity contribution is 6.12. The molecule has 0 aliphatic carbocycles. The molecule has 0 atom stereocenters. The Morgan fingerprint density at radius 1 is 0.824 bits per heavy atom. The van der Waals surface area contributed by atoms with Crippen LogP contribution in [0.1, 0.15) is 15.9 Å². The molecule has 0 fully saturated rings. The van der Waals surface area contributed by atoms with E-state index in [1.807, 2.05) is 0 Å². The molecule has 0 aromatic heterocycles. The molecule has 0 saturated carbocycles. The second-order valence-electron chi connectivity index (χ2n) is 3.76. The lowest BCUT2D eigenvalue weighted by atomic mass is 10.0. The van der Waals surface area contributed by atoms with Crippen molar-refractivity contribution in [2.24, 2.45) is 0 Å². The molecule has 6 N–H and O–H groups in total. The van der Waals surface area contributed by atoms with E-state index in [1.165, 1.54) is 0 Å². The third kappa shape index (κ3) is 2.06. The Morgan fingerprint density at radius 3 is 2.18 bits per heavy atom. The van der Waals surface area contributed by atoms with Gasteiger partial charge in [0.15, 0.2) is 5.78 Å². The van der Waals surface area contributed by atoms with Crippen LogP contribution in [0.3, 0.4) is 0 Å². The summed E-state index contributed by atoms with van der Waals surface area (Å²) in [6, 6.07) is 11.7. The molecule has 0 unspecified atom stereocenters. The lowest BCUT2D eigenvalue weighted by Crippen LogP contribution is -2.06. The first-order chi connectivity index (χ1) is 8.09. The van der Waals surface area contributed by atoms with E-state index in [0.29, 0.717) is 28.2 Å². The van der Waals surface area contributed by atoms with Gasteiger partial charge in [-0.2, -0.15) is 0 Å². The molecule has 0 saturated heterocycles. The molecule has 0 aliphatic heterocycles. The highest BCUT2D eigenvalue weighted by Gasteiger charge is 2.12. The van der Waals surface area contributed by atoms with Crippen molar-refractivity contribution in [3.63, 3.8) is 0 Å². The number of para-hydroxylation sites is 1. The lowest BCUT2D eigenvalue weighted by molar-refractivity contribution is 0.103. The van der Waals surface area contributed by atoms with Gasteiger partial charge in [-0.3, -0.25) is 4.79 Å². The second-order valence-corrected chi connectivity index (χ2v) is 3.76. The largest absolute Gasteiger partial charge is 0.398 e. The van der Waals surface area contributed by atoms with Gasteiger partial charge < -0.3 is 17.2 Å². The van der Waals surface area contributed by atoms with Gasteiger partial charge in [-0.1, -0.05) is 12.1 Å². The minimum atomic E-state index is -0.158. The normalized spacial score (nSPS) is 10.1. The van der Waals surface area contributed by atoms with E-state index in [-0.39, 0.29) is 5.78 Å². The summed E-state index contributed by atoms with van der Waals surface area (Å²) in [7, 11) is 0. The summed E-state index contributed by atoms with van der Waals surface area (Å²) in [4.78, 5) is 12.2. The molecule has 2 rings (SSSR count). The molecule has 4 heteroatoms. The fourth-order valence-electron chi connectivity index (χ4n) is 1.58. The monoisotopic (exact) mass is 227 g/mol. The predicted molar refractivity (Wildman–Crippen MR) is 69.6 cm³/mol. The first-order valence-corrected chi connectivity index (χ1v) is 5.14. The van der Waals surface area contributed by atoms with Crippen molar-refractivity contribution in [1.82, 2.24) is 0 Å². The highest BCUT2D eigenvalue weighted by Crippen LogP contribution is 2.21. The summed E-state index contributed by atoms with van der Waals surface area (Å²) in [6.07, 6.45) is 0. The van der Waals surface area contributed by atoms with Gasteiger partial charge in [0.1, 0.15) is 0 Å². The number of hydrogen-bond donors (Lipinski definition) is 3. The van der Waals surface area contributed by atoms with E-state index < -0.39 is 0 Å². The number of anilines is 3. The molecule has 17 heavy (non-hydrogen) atoms. The third-order valence-corrected chi connectivity index (χ3v) is 2.55. The van der Waals surface area contributed by atoms with E-state index >= 15 is 0 Å². The average molecular weight is 227 g/mol. The molecular formula is C13H13N3O. The molecule has 4 nitrogen and oxygen atoms in total. The van der Waals surface area contributed by atoms with Crippen LogP contribution in [0.25, 0.3) is 0 Å². The van der Waals surface area contributed by atoms with Crippen molar-refractivity contribution in [2.75, 3.05) is 17.2 Å². The zero-order chi connectivity index (χ0) is 12.4. The Hall–Kier alpha value is -2.49. The summed E-state index contributed by atoms with van der Waals surface area (Å²) in [5.74, 6) is -0.158. The van der Waals surface area contributed by atoms with Gasteiger partial charge in [0.05, 0.1) is 11.4 Å². The molecule has 2 aromatic carbocycles. The molecule has 0 spiro atoms. The van der Waals surface area contributed by atoms with Crippen LogP contribution in [-0.4, -0.2) is 5.78 Å². The minimum absolute atomic E-state index is 0.158. The van der Waals surface area contributed by atoms with Gasteiger partial charge >= 0.3 is 0 Å². The summed E-state index contributed by atoms with van der Waals surface area (Å²) in [5.41, 5.74) is 19.3. The van der Waals surface area contributed by atoms with Crippen LogP contribution in [0.2, 0.25) is 0 Å². The number of nitrogens with two attached hydrogens (primary N) is 3. The number of carbonyl (C=O) groups is 1. The topological polar surface area (TPSA) is 95.1 Å². The number of hydrogen-bond acceptors (Lipinski definition) is 4. The zero-order valence-electron chi connectivity index (χ0n) is 9.18. The van der Waals surface area contributed by atoms with Crippen LogP contribution in [0.4, 0.5) is 17.1 Å². The molecule has 2 aromatic rings. The van der Waals surface area contributed by atoms with Gasteiger partial charge in [-0.15, -0.1) is 0 Å². The van der Waals surface area contributed by atoms with Crippen LogP contribution in [-0.2, 0) is 0 Å². The summed E-state index contributed by atoms with van der Waals surface area (Å²) >= 11 is 0. The lowest BCUT2D eigenvalue weighted by Gasteiger charge is -2.06. The first-order valence-electron chi connectivity index (χ1n) is 5.14. The van der Waals surface area contributed by atoms with Crippen LogP contribution >= 0.6 is 0 Å². The van der Waals surface area contributed by atoms with Crippen molar-refractivity contribution in [2.45, 2.75) is 0 Å². The zero-order valence-corrected chi connectivity index (χ0v) is 9.18. The van der Waals surface area contributed by atoms with E-state index in [2.05, 4.69) is 0 Å². The Labute approximate surface area is 99.0 Å². The van der Waals surface area contributed by atoms with E-state index in [0.717, 1.165) is 0 Å². The van der Waals surface area contributed by atoms with E-state index in [9.17, 15) is 4.79 Å². The Bertz CT molecular complexity index is 579. The fourth-order valence-corrected chi connectivity index (χ4v) is 1.58. The molecule has 0 bridgehead atoms. The van der Waals surface area contributed by atoms with Gasteiger partial charge in [-0.25, -0.2) is 0 Å². The maximum absolute atomic E-state index is 12.2. The van der Waals surface area contributed by atoms with Crippen molar-refractivity contribution in [3.8, 4) is 0 Å². The van der Waals surface area contributed by atoms with Gasteiger partial charge in [0.2, 0.25) is 0 Å². The van der Waals surface area contributed by atoms with Crippen LogP contribution in [0, 0.1) is 0 Å². The molecule has 0 radical (unpaired) electrons. The summed E-state index contributed by atoms with van der Waals surface area (Å²) in [6.45, 7) is 0. The quantitative estimate of drug-likeness (QED) is 0.537. The van der Waals surface area contributed by atoms with Crippen LogP contribution in [0.5, 0.6) is 0 Å². The number of nitrogen functional groups attached to an aromatic ring is 3. The standard InChI is InChI=1S/C13H13N3O/c14-10-4-2-1-3-9(10)13(17)8-5-6-11(15)12(16)7-8/h1-7H,14-16H2. The Kier molecular flexibility index (Phi) is 2.70. The van der Waals surface area contributed by atoms with E-state index in [4.69, 9.17) is 17.2 Å². The van der Waals surface area contributed by atoms with Gasteiger partial charge in [0.25, 0.3) is 0 Å². The maximum atomic E-state index is 12.2. The van der Waals surface area contributed by atoms with E-state index in [1.54, 1.807) is 42.5 Å². The fraction of sp³-hybridized carbons (Fsp3) is 0. The van der Waals surface area contributed by atoms with Crippen LogP contribution in [0.15, 0.2) is 42.5 Å². The second kappa shape index (κ2) is 4.17. The highest BCUT2D eigenvalue weighted by atomic mass is 16.1. The molecule has 86 valence electrons.